The summed E-state index contributed by atoms with van der Waals surface area (Å²) >= 11 is 1.63. The number of nitrogens with zero attached hydrogens (tertiary/aromatic N) is 3. The van der Waals surface area contributed by atoms with Crippen LogP contribution in [0, 0.1) is 5.92 Å². The summed E-state index contributed by atoms with van der Waals surface area (Å²) in [4.78, 5) is 5.16. The normalized spacial score (nSPS) is 31.4. The van der Waals surface area contributed by atoms with Crippen molar-refractivity contribution in [2.75, 3.05) is 37.3 Å². The molecule has 2 atom stereocenters. The van der Waals surface area contributed by atoms with Crippen LogP contribution in [-0.2, 0) is 0 Å². The van der Waals surface area contributed by atoms with Crippen molar-refractivity contribution in [3.8, 4) is 0 Å². The van der Waals surface area contributed by atoms with Gasteiger partial charge in [0.2, 0.25) is 0 Å². The Morgan fingerprint density at radius 3 is 2.85 bits per heavy atom. The molecule has 1 aromatic rings. The maximum atomic E-state index is 6.11. The highest BCUT2D eigenvalue weighted by Gasteiger charge is 2.38. The third kappa shape index (κ3) is 2.11. The molecule has 2 unspecified atom stereocenters. The predicted octanol–water partition coefficient (Wildman–Crippen LogP) is 2.52. The van der Waals surface area contributed by atoms with Crippen LogP contribution in [0.25, 0.3) is 0 Å². The van der Waals surface area contributed by atoms with Gasteiger partial charge < -0.3 is 15.5 Å². The van der Waals surface area contributed by atoms with Gasteiger partial charge in [-0.05, 0) is 69.1 Å². The van der Waals surface area contributed by atoms with Gasteiger partial charge in [0.15, 0.2) is 0 Å². The summed E-state index contributed by atoms with van der Waals surface area (Å²) < 4.78 is 4.44. The zero-order valence-corrected chi connectivity index (χ0v) is 13.0. The van der Waals surface area contributed by atoms with Gasteiger partial charge in [-0.3, -0.25) is 0 Å². The molecular weight excluding hydrogens is 268 g/mol. The van der Waals surface area contributed by atoms with E-state index in [1.807, 2.05) is 0 Å². The summed E-state index contributed by atoms with van der Waals surface area (Å²) in [5.74, 6) is 2.34. The molecule has 2 aliphatic heterocycles. The van der Waals surface area contributed by atoms with Gasteiger partial charge in [0.05, 0.1) is 0 Å². The summed E-state index contributed by atoms with van der Waals surface area (Å²) in [5.41, 5.74) is 7.48. The highest BCUT2D eigenvalue weighted by Crippen LogP contribution is 2.49. The van der Waals surface area contributed by atoms with E-state index in [0.29, 0.717) is 5.92 Å². The second kappa shape index (κ2) is 4.88. The second-order valence-electron chi connectivity index (χ2n) is 6.75. The number of piperidine rings is 2. The van der Waals surface area contributed by atoms with E-state index in [1.165, 1.54) is 62.3 Å². The van der Waals surface area contributed by atoms with Crippen LogP contribution in [0.1, 0.15) is 43.6 Å². The summed E-state index contributed by atoms with van der Waals surface area (Å²) in [6, 6.07) is 0.801. The molecule has 1 saturated carbocycles. The van der Waals surface area contributed by atoms with Crippen molar-refractivity contribution >= 4 is 22.4 Å². The number of likely N-dealkylation sites (tertiary alicyclic amines) is 1. The maximum absolute atomic E-state index is 6.11. The lowest BCUT2D eigenvalue weighted by Crippen LogP contribution is -2.52. The van der Waals surface area contributed by atoms with E-state index in [2.05, 4.69) is 21.2 Å². The topological polar surface area (TPSA) is 45.4 Å². The number of aromatic nitrogens is 1. The van der Waals surface area contributed by atoms with Gasteiger partial charge in [0.1, 0.15) is 10.8 Å². The molecule has 3 fully saturated rings. The zero-order chi connectivity index (χ0) is 13.7. The molecule has 1 aromatic heterocycles. The lowest BCUT2D eigenvalue weighted by molar-refractivity contribution is 0.103. The first kappa shape index (κ1) is 12.9. The van der Waals surface area contributed by atoms with Gasteiger partial charge in [-0.1, -0.05) is 0 Å². The first-order chi connectivity index (χ1) is 9.74. The molecule has 1 aliphatic carbocycles. The fourth-order valence-electron chi connectivity index (χ4n) is 4.12. The van der Waals surface area contributed by atoms with Crippen LogP contribution in [0.15, 0.2) is 0 Å². The molecule has 4 rings (SSSR count). The minimum Gasteiger partial charge on any atom is -0.383 e. The molecule has 0 spiro atoms. The van der Waals surface area contributed by atoms with Gasteiger partial charge in [0, 0.05) is 24.7 Å². The van der Waals surface area contributed by atoms with Crippen molar-refractivity contribution < 1.29 is 0 Å². The fourth-order valence-corrected chi connectivity index (χ4v) is 5.06. The lowest BCUT2D eigenvalue weighted by Gasteiger charge is -2.46. The standard InChI is InChI=1S/C15H24N4S/c1-18-7-2-3-11-9-19(8-6-12(11)18)15-13(10-4-5-10)14(16)17-20-15/h10-12H,2-9H2,1H3,(H2,16,17). The molecule has 3 heterocycles. The van der Waals surface area contributed by atoms with Gasteiger partial charge in [-0.15, -0.1) is 0 Å². The average Bonchev–Trinajstić information content (AvgIpc) is 3.21. The summed E-state index contributed by atoms with van der Waals surface area (Å²) in [7, 11) is 2.30. The molecule has 110 valence electrons. The minimum absolute atomic E-state index is 0.704. The largest absolute Gasteiger partial charge is 0.383 e. The molecule has 5 heteroatoms. The fraction of sp³-hybridized carbons (Fsp3) is 0.800. The Labute approximate surface area is 125 Å². The van der Waals surface area contributed by atoms with E-state index in [0.717, 1.165) is 17.8 Å². The smallest absolute Gasteiger partial charge is 0.142 e. The van der Waals surface area contributed by atoms with Crippen LogP contribution in [0.2, 0.25) is 0 Å². The molecule has 20 heavy (non-hydrogen) atoms. The van der Waals surface area contributed by atoms with E-state index < -0.39 is 0 Å². The molecule has 0 radical (unpaired) electrons. The van der Waals surface area contributed by atoms with E-state index in [-0.39, 0.29) is 0 Å². The molecule has 0 amide bonds. The molecule has 2 saturated heterocycles. The highest BCUT2D eigenvalue weighted by molar-refractivity contribution is 7.10. The summed E-state index contributed by atoms with van der Waals surface area (Å²) in [6.45, 7) is 3.66. The van der Waals surface area contributed by atoms with Crippen LogP contribution in [0.5, 0.6) is 0 Å². The minimum atomic E-state index is 0.704. The average molecular weight is 292 g/mol. The number of nitrogens with two attached hydrogens (primary N) is 1. The maximum Gasteiger partial charge on any atom is 0.142 e. The molecular formula is C15H24N4S. The number of anilines is 2. The van der Waals surface area contributed by atoms with Crippen molar-refractivity contribution in [3.63, 3.8) is 0 Å². The number of nitrogen functional groups attached to an aromatic ring is 1. The highest BCUT2D eigenvalue weighted by atomic mass is 32.1. The zero-order valence-electron chi connectivity index (χ0n) is 12.2. The first-order valence-electron chi connectivity index (χ1n) is 7.94. The Balaban J connectivity index is 1.55. The Morgan fingerprint density at radius 2 is 2.05 bits per heavy atom. The monoisotopic (exact) mass is 292 g/mol. The summed E-state index contributed by atoms with van der Waals surface area (Å²) in [6.07, 6.45) is 6.64. The van der Waals surface area contributed by atoms with E-state index in [9.17, 15) is 0 Å². The van der Waals surface area contributed by atoms with E-state index in [4.69, 9.17) is 5.73 Å². The van der Waals surface area contributed by atoms with Gasteiger partial charge in [0.25, 0.3) is 0 Å². The van der Waals surface area contributed by atoms with Crippen LogP contribution in [0.4, 0.5) is 10.8 Å². The molecule has 2 N–H and O–H groups in total. The Bertz CT molecular complexity index is 496. The number of rotatable bonds is 2. The van der Waals surface area contributed by atoms with Gasteiger partial charge in [-0.2, -0.15) is 4.37 Å². The summed E-state index contributed by atoms with van der Waals surface area (Å²) in [5, 5.41) is 1.39. The van der Waals surface area contributed by atoms with Crippen molar-refractivity contribution in [1.82, 2.24) is 9.27 Å². The Morgan fingerprint density at radius 1 is 1.20 bits per heavy atom. The van der Waals surface area contributed by atoms with Crippen LogP contribution < -0.4 is 10.6 Å². The second-order valence-corrected chi connectivity index (χ2v) is 7.50. The van der Waals surface area contributed by atoms with Crippen molar-refractivity contribution in [1.29, 1.82) is 0 Å². The molecule has 4 nitrogen and oxygen atoms in total. The number of fused-ring (bicyclic) bond motifs is 1. The predicted molar refractivity (Wildman–Crippen MR) is 84.5 cm³/mol. The third-order valence-electron chi connectivity index (χ3n) is 5.36. The quantitative estimate of drug-likeness (QED) is 0.910. The lowest BCUT2D eigenvalue weighted by atomic mass is 9.84. The Kier molecular flexibility index (Phi) is 3.15. The van der Waals surface area contributed by atoms with Crippen molar-refractivity contribution in [2.24, 2.45) is 5.92 Å². The third-order valence-corrected chi connectivity index (χ3v) is 6.29. The van der Waals surface area contributed by atoms with Crippen LogP contribution >= 0.6 is 11.5 Å². The SMILES string of the molecule is CN1CCCC2CN(c3snc(N)c3C3CC3)CCC21. The van der Waals surface area contributed by atoms with E-state index >= 15 is 0 Å². The Hall–Kier alpha value is -0.810. The van der Waals surface area contributed by atoms with Gasteiger partial charge in [-0.25, -0.2) is 0 Å². The van der Waals surface area contributed by atoms with E-state index in [1.54, 1.807) is 11.5 Å². The van der Waals surface area contributed by atoms with Crippen LogP contribution in [0.3, 0.4) is 0 Å². The first-order valence-corrected chi connectivity index (χ1v) is 8.71. The van der Waals surface area contributed by atoms with Gasteiger partial charge >= 0.3 is 0 Å². The van der Waals surface area contributed by atoms with Crippen LogP contribution in [-0.4, -0.2) is 42.0 Å². The molecule has 0 bridgehead atoms. The number of hydrogen-bond donors (Lipinski definition) is 1. The number of hydrogen-bond acceptors (Lipinski definition) is 5. The molecule has 3 aliphatic rings. The van der Waals surface area contributed by atoms with Crippen molar-refractivity contribution in [3.05, 3.63) is 5.56 Å². The van der Waals surface area contributed by atoms with Crippen molar-refractivity contribution in [2.45, 2.75) is 44.1 Å². The molecule has 0 aromatic carbocycles.